The van der Waals surface area contributed by atoms with Gasteiger partial charge in [-0.05, 0) is 6.07 Å². The van der Waals surface area contributed by atoms with Crippen LogP contribution in [-0.2, 0) is 5.88 Å². The van der Waals surface area contributed by atoms with Crippen molar-refractivity contribution in [3.05, 3.63) is 28.8 Å². The predicted molar refractivity (Wildman–Crippen MR) is 45.7 cm³/mol. The molecule has 0 aliphatic rings. The Bertz CT molecular complexity index is 398. The molecular weight excluding hydrogens is 235 g/mol. The Morgan fingerprint density at radius 2 is 2.20 bits per heavy atom. The Kier molecular flexibility index (Phi) is 3.52. The second-order valence-electron chi connectivity index (χ2n) is 2.60. The molecule has 0 atom stereocenters. The molecule has 0 saturated heterocycles. The van der Waals surface area contributed by atoms with Crippen molar-refractivity contribution in [3.63, 3.8) is 0 Å². The van der Waals surface area contributed by atoms with E-state index in [0.717, 1.165) is 0 Å². The molecule has 0 fully saturated rings. The summed E-state index contributed by atoms with van der Waals surface area (Å²) in [5.74, 6) is -3.23. The summed E-state index contributed by atoms with van der Waals surface area (Å²) >= 11 is 5.30. The first-order valence-corrected chi connectivity index (χ1v) is 4.27. The summed E-state index contributed by atoms with van der Waals surface area (Å²) in [7, 11) is 0. The fraction of sp³-hybridized carbons (Fsp3) is 0.250. The summed E-state index contributed by atoms with van der Waals surface area (Å²) in [5.41, 5.74) is -1.82. The van der Waals surface area contributed by atoms with Gasteiger partial charge in [0.2, 0.25) is 5.95 Å². The number of hydrogen-bond donors (Lipinski definition) is 1. The lowest BCUT2D eigenvalue weighted by molar-refractivity contribution is 0.0694. The zero-order valence-corrected chi connectivity index (χ0v) is 7.93. The molecule has 3 nitrogen and oxygen atoms in total. The highest BCUT2D eigenvalue weighted by Crippen LogP contribution is 2.24. The van der Waals surface area contributed by atoms with E-state index in [1.54, 1.807) is 0 Å². The molecule has 0 spiro atoms. The molecule has 0 unspecified atom stereocenters. The van der Waals surface area contributed by atoms with Crippen molar-refractivity contribution in [2.24, 2.45) is 0 Å². The number of aromatic nitrogens is 1. The molecule has 1 N–H and O–H groups in total. The van der Waals surface area contributed by atoms with Crippen molar-refractivity contribution in [3.8, 4) is 0 Å². The fourth-order valence-corrected chi connectivity index (χ4v) is 1.19. The minimum absolute atomic E-state index is 0.272. The van der Waals surface area contributed by atoms with Gasteiger partial charge in [-0.15, -0.1) is 11.6 Å². The topological polar surface area (TPSA) is 50.2 Å². The van der Waals surface area contributed by atoms with Gasteiger partial charge < -0.3 is 5.11 Å². The Morgan fingerprint density at radius 1 is 1.60 bits per heavy atom. The Morgan fingerprint density at radius 3 is 2.60 bits per heavy atom. The summed E-state index contributed by atoms with van der Waals surface area (Å²) < 4.78 is 37.3. The minimum Gasteiger partial charge on any atom is -0.478 e. The fourth-order valence-electron chi connectivity index (χ4n) is 0.982. The Hall–Kier alpha value is -1.30. The summed E-state index contributed by atoms with van der Waals surface area (Å²) in [6.07, 6.45) is -3.11. The van der Waals surface area contributed by atoms with Crippen LogP contribution in [0, 0.1) is 5.95 Å². The maximum absolute atomic E-state index is 12.9. The molecule has 0 aliphatic heterocycles. The number of carbonyl (C=O) groups is 1. The van der Waals surface area contributed by atoms with Gasteiger partial charge >= 0.3 is 5.97 Å². The van der Waals surface area contributed by atoms with E-state index in [1.165, 1.54) is 0 Å². The van der Waals surface area contributed by atoms with Gasteiger partial charge in [0.15, 0.2) is 0 Å². The molecule has 1 rings (SSSR count). The molecule has 0 radical (unpaired) electrons. The van der Waals surface area contributed by atoms with Crippen LogP contribution < -0.4 is 0 Å². The van der Waals surface area contributed by atoms with E-state index in [-0.39, 0.29) is 11.6 Å². The molecular formula is C8H5ClF3NO2. The zero-order chi connectivity index (χ0) is 11.6. The lowest BCUT2D eigenvalue weighted by Gasteiger charge is -2.06. The van der Waals surface area contributed by atoms with Crippen molar-refractivity contribution in [1.29, 1.82) is 0 Å². The molecule has 1 heterocycles. The first-order chi connectivity index (χ1) is 6.97. The van der Waals surface area contributed by atoms with Crippen molar-refractivity contribution in [1.82, 2.24) is 4.98 Å². The third kappa shape index (κ3) is 2.38. The van der Waals surface area contributed by atoms with E-state index in [2.05, 4.69) is 4.98 Å². The Labute approximate surface area is 87.5 Å². The molecule has 0 bridgehead atoms. The van der Waals surface area contributed by atoms with Gasteiger partial charge in [-0.2, -0.15) is 4.39 Å². The van der Waals surface area contributed by atoms with E-state index in [0.29, 0.717) is 6.07 Å². The molecule has 7 heteroatoms. The van der Waals surface area contributed by atoms with Gasteiger partial charge in [0, 0.05) is 0 Å². The normalized spacial score (nSPS) is 10.7. The second-order valence-corrected chi connectivity index (χ2v) is 2.87. The van der Waals surface area contributed by atoms with Crippen LogP contribution in [0.15, 0.2) is 6.07 Å². The van der Waals surface area contributed by atoms with Gasteiger partial charge in [-0.25, -0.2) is 18.6 Å². The first kappa shape index (κ1) is 11.8. The molecule has 0 aromatic carbocycles. The van der Waals surface area contributed by atoms with Crippen LogP contribution in [0.1, 0.15) is 28.0 Å². The maximum Gasteiger partial charge on any atom is 0.337 e. The Balaban J connectivity index is 3.37. The summed E-state index contributed by atoms with van der Waals surface area (Å²) in [5, 5.41) is 8.63. The second kappa shape index (κ2) is 4.48. The van der Waals surface area contributed by atoms with E-state index < -0.39 is 29.5 Å². The van der Waals surface area contributed by atoms with E-state index in [4.69, 9.17) is 16.7 Å². The number of pyridine rings is 1. The number of rotatable bonds is 3. The number of halogens is 4. The highest BCUT2D eigenvalue weighted by atomic mass is 35.5. The summed E-state index contributed by atoms with van der Waals surface area (Å²) in [6, 6.07) is 0.549. The number of nitrogens with zero attached hydrogens (tertiary/aromatic N) is 1. The average Bonchev–Trinajstić information content (AvgIpc) is 2.16. The predicted octanol–water partition coefficient (Wildman–Crippen LogP) is 2.60. The van der Waals surface area contributed by atoms with Gasteiger partial charge in [0.25, 0.3) is 6.43 Å². The van der Waals surface area contributed by atoms with Crippen molar-refractivity contribution in [2.45, 2.75) is 12.3 Å². The van der Waals surface area contributed by atoms with Gasteiger partial charge in [-0.3, -0.25) is 0 Å². The zero-order valence-electron chi connectivity index (χ0n) is 7.18. The van der Waals surface area contributed by atoms with Crippen LogP contribution in [0.4, 0.5) is 13.2 Å². The van der Waals surface area contributed by atoms with Gasteiger partial charge in [0.1, 0.15) is 0 Å². The van der Waals surface area contributed by atoms with Crippen LogP contribution in [0.5, 0.6) is 0 Å². The van der Waals surface area contributed by atoms with Crippen LogP contribution in [0.2, 0.25) is 0 Å². The number of carboxylic acids is 1. The molecule has 0 saturated carbocycles. The summed E-state index contributed by atoms with van der Waals surface area (Å²) in [4.78, 5) is 13.7. The first-order valence-electron chi connectivity index (χ1n) is 3.74. The third-order valence-electron chi connectivity index (χ3n) is 1.67. The standard InChI is InChI=1S/C8H5ClF3NO2/c9-2-5-3(8(14)15)1-4(6(10)11)7(12)13-5/h1,6H,2H2,(H,14,15). The largest absolute Gasteiger partial charge is 0.478 e. The third-order valence-corrected chi connectivity index (χ3v) is 1.93. The molecule has 0 amide bonds. The van der Waals surface area contributed by atoms with Crippen LogP contribution >= 0.6 is 11.6 Å². The smallest absolute Gasteiger partial charge is 0.337 e. The number of carboxylic acid groups (broad SMARTS) is 1. The number of aromatic carboxylic acids is 1. The molecule has 1 aromatic rings. The highest BCUT2D eigenvalue weighted by molar-refractivity contribution is 6.17. The lowest BCUT2D eigenvalue weighted by Crippen LogP contribution is -2.08. The van der Waals surface area contributed by atoms with Crippen molar-refractivity contribution < 1.29 is 23.1 Å². The van der Waals surface area contributed by atoms with E-state index >= 15 is 0 Å². The van der Waals surface area contributed by atoms with Crippen LogP contribution in [-0.4, -0.2) is 16.1 Å². The highest BCUT2D eigenvalue weighted by Gasteiger charge is 2.21. The van der Waals surface area contributed by atoms with Crippen LogP contribution in [0.25, 0.3) is 0 Å². The van der Waals surface area contributed by atoms with Gasteiger partial charge in [-0.1, -0.05) is 0 Å². The van der Waals surface area contributed by atoms with E-state index in [9.17, 15) is 18.0 Å². The minimum atomic E-state index is -3.11. The average molecular weight is 240 g/mol. The molecule has 82 valence electrons. The van der Waals surface area contributed by atoms with Crippen molar-refractivity contribution >= 4 is 17.6 Å². The molecule has 15 heavy (non-hydrogen) atoms. The monoisotopic (exact) mass is 239 g/mol. The maximum atomic E-state index is 12.9. The van der Waals surface area contributed by atoms with Crippen LogP contribution in [0.3, 0.4) is 0 Å². The SMILES string of the molecule is O=C(O)c1cc(C(F)F)c(F)nc1CCl. The number of hydrogen-bond acceptors (Lipinski definition) is 2. The number of alkyl halides is 3. The quantitative estimate of drug-likeness (QED) is 0.652. The summed E-state index contributed by atoms with van der Waals surface area (Å²) in [6.45, 7) is 0. The van der Waals surface area contributed by atoms with E-state index in [1.807, 2.05) is 0 Å². The molecule has 0 aliphatic carbocycles. The lowest BCUT2D eigenvalue weighted by atomic mass is 10.1. The molecule has 1 aromatic heterocycles. The van der Waals surface area contributed by atoms with Gasteiger partial charge in [0.05, 0.1) is 22.7 Å². The van der Waals surface area contributed by atoms with Crippen molar-refractivity contribution in [2.75, 3.05) is 0 Å².